The Balaban J connectivity index is 2.01. The predicted molar refractivity (Wildman–Crippen MR) is 171 cm³/mol. The molecule has 0 bridgehead atoms. The number of carbonyl (C=O) groups is 2. The first-order chi connectivity index (χ1) is 21.2. The summed E-state index contributed by atoms with van der Waals surface area (Å²) in [6.07, 6.45) is 2.21. The zero-order valence-corrected chi connectivity index (χ0v) is 26.9. The van der Waals surface area contributed by atoms with E-state index in [-0.39, 0.29) is 28.8 Å². The van der Waals surface area contributed by atoms with Crippen molar-refractivity contribution >= 4 is 27.5 Å². The number of hydrogen-bond donors (Lipinski definition) is 1. The van der Waals surface area contributed by atoms with E-state index in [0.29, 0.717) is 31.1 Å². The lowest BCUT2D eigenvalue weighted by molar-refractivity contribution is -0.138. The molecule has 238 valence electrons. The molecule has 0 saturated carbocycles. The summed E-state index contributed by atoms with van der Waals surface area (Å²) in [6.45, 7) is 6.16. The summed E-state index contributed by atoms with van der Waals surface area (Å²) in [5.41, 5.74) is 1.25. The van der Waals surface area contributed by atoms with Crippen LogP contribution in [0.3, 0.4) is 0 Å². The van der Waals surface area contributed by atoms with Gasteiger partial charge >= 0.3 is 0 Å². The van der Waals surface area contributed by atoms with Gasteiger partial charge in [0.25, 0.3) is 10.0 Å². The first-order valence-corrected chi connectivity index (χ1v) is 16.2. The molecule has 44 heavy (non-hydrogen) atoms. The van der Waals surface area contributed by atoms with Gasteiger partial charge in [0.2, 0.25) is 11.8 Å². The van der Waals surface area contributed by atoms with E-state index in [4.69, 9.17) is 14.2 Å². The second kappa shape index (κ2) is 16.6. The standard InChI is InChI=1S/C33H43N3O7S/c1-6-8-21-34-33(38)25(3)35(22-20-26-12-10-9-11-13-26)32(37)24-36(27-14-16-28(17-15-27)43-7-2)44(39,40)29-18-19-30(41-4)31(23-29)42-5/h9-19,23,25H,6-8,20-22,24H2,1-5H3,(H,34,38)/t25-/m0/s1. The number of nitrogens with zero attached hydrogens (tertiary/aromatic N) is 2. The number of sulfonamides is 1. The highest BCUT2D eigenvalue weighted by molar-refractivity contribution is 7.92. The van der Waals surface area contributed by atoms with Crippen molar-refractivity contribution in [2.24, 2.45) is 0 Å². The molecule has 1 N–H and O–H groups in total. The van der Waals surface area contributed by atoms with Crippen molar-refractivity contribution < 1.29 is 32.2 Å². The monoisotopic (exact) mass is 625 g/mol. The second-order valence-electron chi connectivity index (χ2n) is 10.1. The number of carbonyl (C=O) groups excluding carboxylic acids is 2. The fourth-order valence-electron chi connectivity index (χ4n) is 4.61. The number of unbranched alkanes of at least 4 members (excludes halogenated alkanes) is 1. The molecule has 2 amide bonds. The third-order valence-electron chi connectivity index (χ3n) is 7.14. The minimum atomic E-state index is -4.29. The molecule has 0 aliphatic heterocycles. The van der Waals surface area contributed by atoms with E-state index >= 15 is 0 Å². The highest BCUT2D eigenvalue weighted by atomic mass is 32.2. The van der Waals surface area contributed by atoms with Gasteiger partial charge < -0.3 is 24.4 Å². The smallest absolute Gasteiger partial charge is 0.264 e. The molecule has 0 aliphatic carbocycles. The van der Waals surface area contributed by atoms with Crippen molar-refractivity contribution in [3.8, 4) is 17.2 Å². The van der Waals surface area contributed by atoms with Crippen LogP contribution in [0.5, 0.6) is 17.2 Å². The van der Waals surface area contributed by atoms with Crippen LogP contribution in [0.4, 0.5) is 5.69 Å². The lowest BCUT2D eigenvalue weighted by Gasteiger charge is -2.32. The van der Waals surface area contributed by atoms with Crippen LogP contribution < -0.4 is 23.8 Å². The third-order valence-corrected chi connectivity index (χ3v) is 8.91. The summed E-state index contributed by atoms with van der Waals surface area (Å²) in [4.78, 5) is 28.5. The number of anilines is 1. The minimum Gasteiger partial charge on any atom is -0.494 e. The van der Waals surface area contributed by atoms with Gasteiger partial charge in [0.05, 0.1) is 31.4 Å². The van der Waals surface area contributed by atoms with Crippen LogP contribution in [0.2, 0.25) is 0 Å². The highest BCUT2D eigenvalue weighted by Crippen LogP contribution is 2.33. The molecule has 0 radical (unpaired) electrons. The van der Waals surface area contributed by atoms with Gasteiger partial charge in [-0.3, -0.25) is 13.9 Å². The Kier molecular flexibility index (Phi) is 12.9. The van der Waals surface area contributed by atoms with Crippen molar-refractivity contribution in [2.75, 3.05) is 44.8 Å². The Morgan fingerprint density at radius 1 is 0.909 bits per heavy atom. The Bertz CT molecular complexity index is 1460. The van der Waals surface area contributed by atoms with Crippen molar-refractivity contribution in [3.63, 3.8) is 0 Å². The van der Waals surface area contributed by atoms with Gasteiger partial charge in [-0.2, -0.15) is 0 Å². The molecule has 3 aromatic carbocycles. The molecule has 11 heteroatoms. The predicted octanol–water partition coefficient (Wildman–Crippen LogP) is 4.67. The first kappa shape index (κ1) is 34.2. The lowest BCUT2D eigenvalue weighted by atomic mass is 10.1. The van der Waals surface area contributed by atoms with Crippen LogP contribution in [0.15, 0.2) is 77.7 Å². The molecular formula is C33H43N3O7S. The fraction of sp³-hybridized carbons (Fsp3) is 0.394. The van der Waals surface area contributed by atoms with E-state index in [9.17, 15) is 18.0 Å². The molecule has 0 aliphatic rings. The van der Waals surface area contributed by atoms with Gasteiger partial charge in [-0.25, -0.2) is 8.42 Å². The van der Waals surface area contributed by atoms with Crippen LogP contribution in [-0.4, -0.2) is 71.6 Å². The van der Waals surface area contributed by atoms with Crippen LogP contribution in [0.25, 0.3) is 0 Å². The van der Waals surface area contributed by atoms with Crippen LogP contribution in [0.1, 0.15) is 39.2 Å². The summed E-state index contributed by atoms with van der Waals surface area (Å²) in [7, 11) is -1.41. The van der Waals surface area contributed by atoms with Crippen LogP contribution >= 0.6 is 0 Å². The Morgan fingerprint density at radius 2 is 1.59 bits per heavy atom. The van der Waals surface area contributed by atoms with Gasteiger partial charge in [0.1, 0.15) is 18.3 Å². The number of amides is 2. The molecule has 0 heterocycles. The number of methoxy groups -OCH3 is 2. The van der Waals surface area contributed by atoms with Crippen LogP contribution in [-0.2, 0) is 26.0 Å². The number of benzene rings is 3. The molecule has 1 atom stereocenters. The van der Waals surface area contributed by atoms with E-state index < -0.39 is 28.5 Å². The zero-order valence-electron chi connectivity index (χ0n) is 26.1. The molecule has 10 nitrogen and oxygen atoms in total. The van der Waals surface area contributed by atoms with E-state index in [2.05, 4.69) is 5.32 Å². The SMILES string of the molecule is CCCCNC(=O)[C@H](C)N(CCc1ccccc1)C(=O)CN(c1ccc(OCC)cc1)S(=O)(=O)c1ccc(OC)c(OC)c1. The average molecular weight is 626 g/mol. The van der Waals surface area contributed by atoms with Crippen LogP contribution in [0, 0.1) is 0 Å². The topological polar surface area (TPSA) is 114 Å². The molecule has 3 rings (SSSR count). The number of hydrogen-bond acceptors (Lipinski definition) is 7. The molecule has 0 aromatic heterocycles. The van der Waals surface area contributed by atoms with Crippen molar-refractivity contribution in [2.45, 2.75) is 51.0 Å². The minimum absolute atomic E-state index is 0.0852. The Morgan fingerprint density at radius 3 is 2.20 bits per heavy atom. The molecule has 0 saturated heterocycles. The lowest BCUT2D eigenvalue weighted by Crippen LogP contribution is -2.52. The molecule has 0 unspecified atom stereocenters. The van der Waals surface area contributed by atoms with Crippen molar-refractivity contribution in [1.82, 2.24) is 10.2 Å². The maximum atomic E-state index is 14.2. The molecular weight excluding hydrogens is 582 g/mol. The van der Waals surface area contributed by atoms with Gasteiger partial charge in [0.15, 0.2) is 11.5 Å². The zero-order chi connectivity index (χ0) is 32.1. The molecule has 0 spiro atoms. The van der Waals surface area contributed by atoms with E-state index in [1.54, 1.807) is 31.2 Å². The summed E-state index contributed by atoms with van der Waals surface area (Å²) in [5, 5.41) is 2.90. The van der Waals surface area contributed by atoms with Gasteiger partial charge in [-0.05, 0) is 68.7 Å². The average Bonchev–Trinajstić information content (AvgIpc) is 3.04. The third kappa shape index (κ3) is 8.89. The first-order valence-electron chi connectivity index (χ1n) is 14.7. The number of nitrogens with one attached hydrogen (secondary N) is 1. The highest BCUT2D eigenvalue weighted by Gasteiger charge is 2.33. The summed E-state index contributed by atoms with van der Waals surface area (Å²) in [5.74, 6) is 0.346. The van der Waals surface area contributed by atoms with Crippen molar-refractivity contribution in [3.05, 3.63) is 78.4 Å². The second-order valence-corrected chi connectivity index (χ2v) is 12.0. The molecule has 0 fully saturated rings. The maximum absolute atomic E-state index is 14.2. The summed E-state index contributed by atoms with van der Waals surface area (Å²) >= 11 is 0. The quantitative estimate of drug-likeness (QED) is 0.217. The number of rotatable bonds is 17. The largest absolute Gasteiger partial charge is 0.494 e. The number of ether oxygens (including phenoxy) is 3. The molecule has 3 aromatic rings. The fourth-order valence-corrected chi connectivity index (χ4v) is 6.04. The summed E-state index contributed by atoms with van der Waals surface area (Å²) < 4.78 is 45.6. The van der Waals surface area contributed by atoms with E-state index in [1.807, 2.05) is 44.2 Å². The van der Waals surface area contributed by atoms with E-state index in [1.165, 1.54) is 37.3 Å². The Hall–Kier alpha value is -4.25. The summed E-state index contributed by atoms with van der Waals surface area (Å²) in [6, 6.07) is 19.5. The van der Waals surface area contributed by atoms with Crippen molar-refractivity contribution in [1.29, 1.82) is 0 Å². The van der Waals surface area contributed by atoms with Gasteiger partial charge in [-0.15, -0.1) is 0 Å². The van der Waals surface area contributed by atoms with Gasteiger partial charge in [0, 0.05) is 19.2 Å². The normalized spacial score (nSPS) is 11.8. The van der Waals surface area contributed by atoms with Gasteiger partial charge in [-0.1, -0.05) is 43.7 Å². The van der Waals surface area contributed by atoms with E-state index in [0.717, 1.165) is 22.7 Å². The maximum Gasteiger partial charge on any atom is 0.264 e. The Labute approximate surface area is 261 Å².